The molecule has 0 aromatic heterocycles. The highest BCUT2D eigenvalue weighted by Crippen LogP contribution is 2.27. The molecule has 0 aliphatic heterocycles. The Morgan fingerprint density at radius 1 is 1.13 bits per heavy atom. The summed E-state index contributed by atoms with van der Waals surface area (Å²) in [5, 5.41) is 9.20. The highest BCUT2D eigenvalue weighted by molar-refractivity contribution is 5.72. The molecule has 2 rings (SSSR count). The van der Waals surface area contributed by atoms with Gasteiger partial charge < -0.3 is 24.2 Å². The van der Waals surface area contributed by atoms with Gasteiger partial charge in [0.15, 0.2) is 6.10 Å². The van der Waals surface area contributed by atoms with E-state index in [1.54, 1.807) is 11.8 Å². The zero-order valence-electron chi connectivity index (χ0n) is 18.9. The van der Waals surface area contributed by atoms with Crippen LogP contribution in [0.5, 0.6) is 5.75 Å². The number of carboxylic acids is 1. The van der Waals surface area contributed by atoms with Gasteiger partial charge in [0.2, 0.25) is 0 Å². The number of hydrogen-bond acceptors (Lipinski definition) is 5. The Labute approximate surface area is 185 Å². The highest BCUT2D eigenvalue weighted by Gasteiger charge is 2.18. The van der Waals surface area contributed by atoms with Crippen LogP contribution in [0.3, 0.4) is 0 Å². The molecular weight excluding hydrogens is 398 g/mol. The van der Waals surface area contributed by atoms with Gasteiger partial charge in [0.05, 0.1) is 13.7 Å². The van der Waals surface area contributed by atoms with Crippen LogP contribution in [0.15, 0.2) is 24.3 Å². The number of aliphatic carboxylic acids is 1. The third kappa shape index (κ3) is 9.17. The van der Waals surface area contributed by atoms with Gasteiger partial charge in [0.25, 0.3) is 0 Å². The Hall–Kier alpha value is -2.28. The summed E-state index contributed by atoms with van der Waals surface area (Å²) in [5.74, 6) is 0.513. The largest absolute Gasteiger partial charge is 0.492 e. The molecule has 1 atom stereocenters. The van der Waals surface area contributed by atoms with Gasteiger partial charge in [0, 0.05) is 19.6 Å². The minimum absolute atomic E-state index is 0.306. The number of nitrogens with zero attached hydrogens (tertiary/aromatic N) is 1. The lowest BCUT2D eigenvalue weighted by Crippen LogP contribution is -2.35. The molecule has 174 valence electrons. The van der Waals surface area contributed by atoms with Crippen molar-refractivity contribution in [3.8, 4) is 5.75 Å². The van der Waals surface area contributed by atoms with Crippen LogP contribution in [0.1, 0.15) is 57.4 Å². The normalized spacial score (nSPS) is 15.3. The van der Waals surface area contributed by atoms with Crippen LogP contribution in [0.2, 0.25) is 0 Å². The molecule has 7 heteroatoms. The molecule has 0 heterocycles. The minimum atomic E-state index is -0.964. The second kappa shape index (κ2) is 13.9. The monoisotopic (exact) mass is 435 g/mol. The van der Waals surface area contributed by atoms with E-state index < -0.39 is 12.1 Å². The highest BCUT2D eigenvalue weighted by atomic mass is 16.5. The fourth-order valence-corrected chi connectivity index (χ4v) is 4.10. The third-order valence-electron chi connectivity index (χ3n) is 5.82. The first-order chi connectivity index (χ1) is 15.0. The maximum absolute atomic E-state index is 12.1. The van der Waals surface area contributed by atoms with E-state index in [1.807, 2.05) is 24.3 Å². The summed E-state index contributed by atoms with van der Waals surface area (Å²) in [6, 6.07) is 7.30. The molecule has 1 unspecified atom stereocenters. The first kappa shape index (κ1) is 25.0. The van der Waals surface area contributed by atoms with Crippen molar-refractivity contribution < 1.29 is 28.9 Å². The van der Waals surface area contributed by atoms with Gasteiger partial charge in [-0.3, -0.25) is 0 Å². The molecule has 7 nitrogen and oxygen atoms in total. The van der Waals surface area contributed by atoms with Crippen molar-refractivity contribution in [3.05, 3.63) is 29.8 Å². The number of hydrogen-bond donors (Lipinski definition) is 1. The Bertz CT molecular complexity index is 657. The molecule has 1 saturated carbocycles. The molecular formula is C24H37NO6. The average molecular weight is 436 g/mol. The van der Waals surface area contributed by atoms with E-state index in [4.69, 9.17) is 14.2 Å². The molecule has 0 radical (unpaired) electrons. The van der Waals surface area contributed by atoms with Gasteiger partial charge in [-0.25, -0.2) is 9.59 Å². The SMILES string of the molecule is CCOC(Cc1ccc(OCCN(CCCC2CCCCC2)C(=O)OC)cc1)C(=O)O. The predicted molar refractivity (Wildman–Crippen MR) is 118 cm³/mol. The maximum atomic E-state index is 12.1. The molecule has 0 spiro atoms. The van der Waals surface area contributed by atoms with E-state index >= 15 is 0 Å². The van der Waals surface area contributed by atoms with E-state index in [9.17, 15) is 14.7 Å². The third-order valence-corrected chi connectivity index (χ3v) is 5.82. The average Bonchev–Trinajstić information content (AvgIpc) is 2.79. The molecule has 1 aliphatic rings. The van der Waals surface area contributed by atoms with Gasteiger partial charge in [-0.15, -0.1) is 0 Å². The van der Waals surface area contributed by atoms with Crippen LogP contribution in [0, 0.1) is 5.92 Å². The number of amides is 1. The smallest absolute Gasteiger partial charge is 0.409 e. The number of rotatable bonds is 13. The fourth-order valence-electron chi connectivity index (χ4n) is 4.10. The van der Waals surface area contributed by atoms with E-state index in [-0.39, 0.29) is 6.09 Å². The molecule has 31 heavy (non-hydrogen) atoms. The van der Waals surface area contributed by atoms with Crippen LogP contribution < -0.4 is 4.74 Å². The van der Waals surface area contributed by atoms with E-state index in [1.165, 1.54) is 39.2 Å². The quantitative estimate of drug-likeness (QED) is 0.490. The Morgan fingerprint density at radius 2 is 1.84 bits per heavy atom. The standard InChI is InChI=1S/C24H37NO6/c1-3-30-22(23(26)27)18-20-11-13-21(14-12-20)31-17-16-25(24(28)29-2)15-7-10-19-8-5-4-6-9-19/h11-14,19,22H,3-10,15-18H2,1-2H3,(H,26,27). The van der Waals surface area contributed by atoms with Gasteiger partial charge in [-0.05, 0) is 43.4 Å². The first-order valence-corrected chi connectivity index (χ1v) is 11.4. The Kier molecular flexibility index (Phi) is 11.2. The second-order valence-electron chi connectivity index (χ2n) is 8.08. The van der Waals surface area contributed by atoms with Crippen molar-refractivity contribution in [2.24, 2.45) is 5.92 Å². The number of ether oxygens (including phenoxy) is 3. The number of carboxylic acid groups (broad SMARTS) is 1. The topological polar surface area (TPSA) is 85.3 Å². The van der Waals surface area contributed by atoms with Crippen molar-refractivity contribution in [3.63, 3.8) is 0 Å². The van der Waals surface area contributed by atoms with Crippen LogP contribution in [0.4, 0.5) is 4.79 Å². The van der Waals surface area contributed by atoms with Crippen LogP contribution in [-0.2, 0) is 20.7 Å². The zero-order valence-corrected chi connectivity index (χ0v) is 18.9. The lowest BCUT2D eigenvalue weighted by Gasteiger charge is -2.24. The van der Waals surface area contributed by atoms with E-state index in [0.717, 1.165) is 24.3 Å². The van der Waals surface area contributed by atoms with Crippen molar-refractivity contribution in [2.75, 3.05) is 33.4 Å². The summed E-state index contributed by atoms with van der Waals surface area (Å²) in [6.07, 6.45) is 7.94. The molecule has 0 bridgehead atoms. The molecule has 1 aliphatic carbocycles. The lowest BCUT2D eigenvalue weighted by atomic mass is 9.86. The van der Waals surface area contributed by atoms with Crippen LogP contribution >= 0.6 is 0 Å². The minimum Gasteiger partial charge on any atom is -0.492 e. The Morgan fingerprint density at radius 3 is 2.45 bits per heavy atom. The summed E-state index contributed by atoms with van der Waals surface area (Å²) in [5.41, 5.74) is 0.868. The summed E-state index contributed by atoms with van der Waals surface area (Å²) in [6.45, 7) is 3.65. The maximum Gasteiger partial charge on any atom is 0.409 e. The predicted octanol–water partition coefficient (Wildman–Crippen LogP) is 4.53. The molecule has 1 amide bonds. The van der Waals surface area contributed by atoms with Crippen LogP contribution in [-0.4, -0.2) is 61.6 Å². The number of carbonyl (C=O) groups is 2. The summed E-state index contributed by atoms with van der Waals surface area (Å²) < 4.78 is 16.0. The number of benzene rings is 1. The van der Waals surface area contributed by atoms with Gasteiger partial charge >= 0.3 is 12.1 Å². The molecule has 1 N–H and O–H groups in total. The molecule has 1 aromatic carbocycles. The van der Waals surface area contributed by atoms with Crippen molar-refractivity contribution in [1.29, 1.82) is 0 Å². The lowest BCUT2D eigenvalue weighted by molar-refractivity contribution is -0.149. The van der Waals surface area contributed by atoms with Crippen LogP contribution in [0.25, 0.3) is 0 Å². The molecule has 1 aromatic rings. The second-order valence-corrected chi connectivity index (χ2v) is 8.08. The van der Waals surface area contributed by atoms with Gasteiger partial charge in [-0.1, -0.05) is 44.2 Å². The van der Waals surface area contributed by atoms with Gasteiger partial charge in [0.1, 0.15) is 12.4 Å². The first-order valence-electron chi connectivity index (χ1n) is 11.4. The van der Waals surface area contributed by atoms with E-state index in [2.05, 4.69) is 0 Å². The van der Waals surface area contributed by atoms with Crippen molar-refractivity contribution >= 4 is 12.1 Å². The number of methoxy groups -OCH3 is 1. The summed E-state index contributed by atoms with van der Waals surface area (Å²) in [7, 11) is 1.41. The summed E-state index contributed by atoms with van der Waals surface area (Å²) in [4.78, 5) is 25.0. The van der Waals surface area contributed by atoms with Crippen molar-refractivity contribution in [2.45, 2.75) is 64.4 Å². The van der Waals surface area contributed by atoms with E-state index in [0.29, 0.717) is 38.5 Å². The fraction of sp³-hybridized carbons (Fsp3) is 0.667. The molecule has 0 saturated heterocycles. The summed E-state index contributed by atoms with van der Waals surface area (Å²) >= 11 is 0. The Balaban J connectivity index is 1.76. The van der Waals surface area contributed by atoms with Gasteiger partial charge in [-0.2, -0.15) is 0 Å². The molecule has 1 fully saturated rings. The van der Waals surface area contributed by atoms with Crippen molar-refractivity contribution in [1.82, 2.24) is 4.90 Å². The zero-order chi connectivity index (χ0) is 22.5. The number of carbonyl (C=O) groups excluding carboxylic acids is 1.